The van der Waals surface area contributed by atoms with Crippen LogP contribution in [0, 0.1) is 5.92 Å². The molecule has 1 saturated carbocycles. The lowest BCUT2D eigenvalue weighted by molar-refractivity contribution is 0.553. The van der Waals surface area contributed by atoms with Crippen LogP contribution in [0.4, 0.5) is 0 Å². The molecule has 1 heterocycles. The van der Waals surface area contributed by atoms with Crippen LogP contribution in [0.2, 0.25) is 0 Å². The highest BCUT2D eigenvalue weighted by atomic mass is 15.3. The van der Waals surface area contributed by atoms with Gasteiger partial charge in [0.2, 0.25) is 0 Å². The maximum Gasteiger partial charge on any atom is 0.0826 e. The second kappa shape index (κ2) is 3.63. The fraction of sp³-hybridized carbons (Fsp3) is 0.750. The van der Waals surface area contributed by atoms with E-state index in [1.165, 1.54) is 5.69 Å². The predicted molar refractivity (Wildman–Crippen MR) is 61.5 cm³/mol. The Bertz CT molecular complexity index is 348. The summed E-state index contributed by atoms with van der Waals surface area (Å²) >= 11 is 0. The molecule has 0 saturated heterocycles. The number of aryl methyl sites for hydroxylation is 1. The Morgan fingerprint density at radius 3 is 2.67 bits per heavy atom. The fourth-order valence-corrected chi connectivity index (χ4v) is 1.95. The van der Waals surface area contributed by atoms with Gasteiger partial charge in [0, 0.05) is 12.2 Å². The van der Waals surface area contributed by atoms with E-state index in [-0.39, 0.29) is 5.54 Å². The number of hydrogen-bond donors (Lipinski definition) is 1. The van der Waals surface area contributed by atoms with Crippen LogP contribution in [-0.4, -0.2) is 9.78 Å². The van der Waals surface area contributed by atoms with Gasteiger partial charge in [-0.05, 0) is 38.2 Å². The molecule has 15 heavy (non-hydrogen) atoms. The molecule has 0 atom stereocenters. The zero-order valence-electron chi connectivity index (χ0n) is 9.95. The van der Waals surface area contributed by atoms with E-state index in [2.05, 4.69) is 36.6 Å². The Morgan fingerprint density at radius 1 is 1.53 bits per heavy atom. The molecule has 3 nitrogen and oxygen atoms in total. The quantitative estimate of drug-likeness (QED) is 0.821. The first-order valence-electron chi connectivity index (χ1n) is 5.91. The molecule has 1 aliphatic rings. The highest BCUT2D eigenvalue weighted by Crippen LogP contribution is 2.42. The van der Waals surface area contributed by atoms with Gasteiger partial charge in [0.1, 0.15) is 0 Å². The van der Waals surface area contributed by atoms with Gasteiger partial charge in [-0.1, -0.05) is 13.8 Å². The summed E-state index contributed by atoms with van der Waals surface area (Å²) < 4.78 is 2.10. The summed E-state index contributed by atoms with van der Waals surface area (Å²) in [7, 11) is 0. The second-order valence-corrected chi connectivity index (χ2v) is 5.09. The number of nitrogens with two attached hydrogens (primary N) is 1. The third-order valence-electron chi connectivity index (χ3n) is 3.08. The van der Waals surface area contributed by atoms with Crippen molar-refractivity contribution in [1.82, 2.24) is 9.78 Å². The molecule has 0 radical (unpaired) electrons. The molecule has 0 aliphatic heterocycles. The minimum Gasteiger partial charge on any atom is -0.320 e. The summed E-state index contributed by atoms with van der Waals surface area (Å²) in [5, 5.41) is 4.61. The van der Waals surface area contributed by atoms with Crippen molar-refractivity contribution in [1.29, 1.82) is 0 Å². The summed E-state index contributed by atoms with van der Waals surface area (Å²) in [6.07, 6.45) is 3.28. The van der Waals surface area contributed by atoms with Crippen LogP contribution in [-0.2, 0) is 18.5 Å². The first-order chi connectivity index (χ1) is 7.05. The number of hydrogen-bond acceptors (Lipinski definition) is 2. The van der Waals surface area contributed by atoms with Gasteiger partial charge in [-0.15, -0.1) is 0 Å². The van der Waals surface area contributed by atoms with Crippen LogP contribution in [0.1, 0.15) is 45.0 Å². The van der Waals surface area contributed by atoms with Gasteiger partial charge in [0.15, 0.2) is 0 Å². The average Bonchev–Trinajstić information content (AvgIpc) is 2.78. The van der Waals surface area contributed by atoms with Crippen LogP contribution in [0.3, 0.4) is 0 Å². The highest BCUT2D eigenvalue weighted by molar-refractivity contribution is 5.24. The van der Waals surface area contributed by atoms with E-state index in [0.717, 1.165) is 31.5 Å². The van der Waals surface area contributed by atoms with Crippen LogP contribution < -0.4 is 5.73 Å². The van der Waals surface area contributed by atoms with Gasteiger partial charge >= 0.3 is 0 Å². The molecule has 1 aromatic rings. The standard InChI is InChI=1S/C12H21N3/c1-4-15-10(7-9(2)3)8-11(14-15)12(13)5-6-12/h8-9H,4-7,13H2,1-3H3. The minimum absolute atomic E-state index is 0.0911. The van der Waals surface area contributed by atoms with Crippen molar-refractivity contribution in [2.24, 2.45) is 11.7 Å². The van der Waals surface area contributed by atoms with E-state index < -0.39 is 0 Å². The molecule has 84 valence electrons. The van der Waals surface area contributed by atoms with Crippen molar-refractivity contribution in [3.8, 4) is 0 Å². The minimum atomic E-state index is -0.0911. The summed E-state index contributed by atoms with van der Waals surface area (Å²) in [6, 6.07) is 2.20. The zero-order valence-corrected chi connectivity index (χ0v) is 9.95. The Balaban J connectivity index is 2.25. The first kappa shape index (κ1) is 10.7. The molecule has 0 bridgehead atoms. The van der Waals surface area contributed by atoms with E-state index in [1.807, 2.05) is 0 Å². The molecule has 0 spiro atoms. The summed E-state index contributed by atoms with van der Waals surface area (Å²) in [5.41, 5.74) is 8.50. The van der Waals surface area contributed by atoms with Crippen LogP contribution in [0.5, 0.6) is 0 Å². The summed E-state index contributed by atoms with van der Waals surface area (Å²) in [4.78, 5) is 0. The lowest BCUT2D eigenvalue weighted by Gasteiger charge is -2.06. The number of nitrogens with zero attached hydrogens (tertiary/aromatic N) is 2. The maximum absolute atomic E-state index is 6.16. The van der Waals surface area contributed by atoms with E-state index >= 15 is 0 Å². The van der Waals surface area contributed by atoms with Gasteiger partial charge in [0.05, 0.1) is 11.2 Å². The monoisotopic (exact) mass is 207 g/mol. The van der Waals surface area contributed by atoms with Gasteiger partial charge in [-0.25, -0.2) is 0 Å². The lowest BCUT2D eigenvalue weighted by atomic mass is 10.1. The molecule has 1 aromatic heterocycles. The van der Waals surface area contributed by atoms with Gasteiger partial charge in [-0.3, -0.25) is 4.68 Å². The van der Waals surface area contributed by atoms with Gasteiger partial charge in [-0.2, -0.15) is 5.10 Å². The molecule has 0 amide bonds. The first-order valence-corrected chi connectivity index (χ1v) is 5.91. The molecule has 3 heteroatoms. The third-order valence-corrected chi connectivity index (χ3v) is 3.08. The zero-order chi connectivity index (χ0) is 11.1. The maximum atomic E-state index is 6.16. The van der Waals surface area contributed by atoms with Crippen molar-refractivity contribution in [2.75, 3.05) is 0 Å². The molecular formula is C12H21N3. The van der Waals surface area contributed by atoms with Crippen molar-refractivity contribution in [3.63, 3.8) is 0 Å². The molecule has 1 aliphatic carbocycles. The van der Waals surface area contributed by atoms with E-state index in [1.54, 1.807) is 0 Å². The summed E-state index contributed by atoms with van der Waals surface area (Å²) in [5.74, 6) is 0.674. The van der Waals surface area contributed by atoms with Crippen molar-refractivity contribution < 1.29 is 0 Å². The molecule has 0 unspecified atom stereocenters. The fourth-order valence-electron chi connectivity index (χ4n) is 1.95. The molecule has 2 N–H and O–H groups in total. The molecule has 2 rings (SSSR count). The molecule has 1 fully saturated rings. The van der Waals surface area contributed by atoms with E-state index in [4.69, 9.17) is 5.73 Å². The Kier molecular flexibility index (Phi) is 2.59. The van der Waals surface area contributed by atoms with E-state index in [9.17, 15) is 0 Å². The van der Waals surface area contributed by atoms with Crippen molar-refractivity contribution in [2.45, 2.75) is 52.1 Å². The molecular weight excluding hydrogens is 186 g/mol. The predicted octanol–water partition coefficient (Wildman–Crippen LogP) is 2.05. The van der Waals surface area contributed by atoms with Crippen LogP contribution in [0.15, 0.2) is 6.07 Å². The summed E-state index contributed by atoms with van der Waals surface area (Å²) in [6.45, 7) is 7.55. The Hall–Kier alpha value is -0.830. The van der Waals surface area contributed by atoms with Crippen LogP contribution >= 0.6 is 0 Å². The smallest absolute Gasteiger partial charge is 0.0826 e. The van der Waals surface area contributed by atoms with Crippen molar-refractivity contribution >= 4 is 0 Å². The van der Waals surface area contributed by atoms with Gasteiger partial charge < -0.3 is 5.73 Å². The van der Waals surface area contributed by atoms with E-state index in [0.29, 0.717) is 5.92 Å². The number of aromatic nitrogens is 2. The molecule has 0 aromatic carbocycles. The Morgan fingerprint density at radius 2 is 2.20 bits per heavy atom. The highest BCUT2D eigenvalue weighted by Gasteiger charge is 2.42. The normalized spacial score (nSPS) is 18.5. The lowest BCUT2D eigenvalue weighted by Crippen LogP contribution is -2.19. The largest absolute Gasteiger partial charge is 0.320 e. The third kappa shape index (κ3) is 2.07. The Labute approximate surface area is 91.7 Å². The van der Waals surface area contributed by atoms with Crippen molar-refractivity contribution in [3.05, 3.63) is 17.5 Å². The topological polar surface area (TPSA) is 43.8 Å². The van der Waals surface area contributed by atoms with Gasteiger partial charge in [0.25, 0.3) is 0 Å². The average molecular weight is 207 g/mol. The number of rotatable bonds is 4. The van der Waals surface area contributed by atoms with Crippen LogP contribution in [0.25, 0.3) is 0 Å². The SMILES string of the molecule is CCn1nc(C2(N)CC2)cc1CC(C)C. The second-order valence-electron chi connectivity index (χ2n) is 5.09.